The molecule has 2 bridgehead atoms. The summed E-state index contributed by atoms with van der Waals surface area (Å²) >= 11 is 0. The van der Waals surface area contributed by atoms with Crippen LogP contribution in [-0.2, 0) is 9.47 Å². The number of rotatable bonds is 7. The van der Waals surface area contributed by atoms with Crippen molar-refractivity contribution in [1.29, 1.82) is 0 Å². The van der Waals surface area contributed by atoms with E-state index < -0.39 is 0 Å². The van der Waals surface area contributed by atoms with Crippen LogP contribution in [-0.4, -0.2) is 66.3 Å². The number of morpholine rings is 1. The van der Waals surface area contributed by atoms with Crippen molar-refractivity contribution in [2.45, 2.75) is 69.1 Å². The van der Waals surface area contributed by atoms with Crippen LogP contribution < -0.4 is 10.5 Å². The van der Waals surface area contributed by atoms with Crippen LogP contribution in [0, 0.1) is 0 Å². The first kappa shape index (κ1) is 18.1. The summed E-state index contributed by atoms with van der Waals surface area (Å²) in [6, 6.07) is 2.46. The van der Waals surface area contributed by atoms with Crippen molar-refractivity contribution in [3.63, 3.8) is 0 Å². The molecule has 3 aliphatic rings. The van der Waals surface area contributed by atoms with Gasteiger partial charge in [-0.3, -0.25) is 9.58 Å². The Morgan fingerprint density at radius 3 is 2.38 bits per heavy atom. The Hall–Kier alpha value is -1.31. The summed E-state index contributed by atoms with van der Waals surface area (Å²) in [4.78, 5) is 2.78. The zero-order valence-electron chi connectivity index (χ0n) is 15.8. The van der Waals surface area contributed by atoms with Crippen LogP contribution in [0.1, 0.15) is 51.0 Å². The molecule has 3 fully saturated rings. The fourth-order valence-electron chi connectivity index (χ4n) is 4.94. The van der Waals surface area contributed by atoms with E-state index in [1.54, 1.807) is 7.11 Å². The van der Waals surface area contributed by atoms with Gasteiger partial charge in [0.15, 0.2) is 0 Å². The molecule has 1 aliphatic carbocycles. The van der Waals surface area contributed by atoms with Gasteiger partial charge < -0.3 is 19.9 Å². The molecule has 2 saturated heterocycles. The van der Waals surface area contributed by atoms with E-state index >= 15 is 0 Å². The second-order valence-electron chi connectivity index (χ2n) is 7.90. The standard InChI is InChI=1S/C19H32N4O3/c1-24-9-2-10-26-19-18(20)11-22(21-19)14-3-5-15(6-4-14)23-16-7-8-17(23)13-25-12-16/h11,14-17H,2-10,12-13,20H2,1H3/t14-,15-,16-,17+. The van der Waals surface area contributed by atoms with Gasteiger partial charge >= 0.3 is 0 Å². The molecule has 7 nitrogen and oxygen atoms in total. The predicted octanol–water partition coefficient (Wildman–Crippen LogP) is 2.23. The molecule has 1 saturated carbocycles. The molecule has 2 aliphatic heterocycles. The molecule has 26 heavy (non-hydrogen) atoms. The van der Waals surface area contributed by atoms with Crippen molar-refractivity contribution in [1.82, 2.24) is 14.7 Å². The Morgan fingerprint density at radius 1 is 1.04 bits per heavy atom. The van der Waals surface area contributed by atoms with Gasteiger partial charge in [-0.15, -0.1) is 5.10 Å². The first-order valence-electron chi connectivity index (χ1n) is 10.1. The zero-order chi connectivity index (χ0) is 17.9. The number of ether oxygens (including phenoxy) is 3. The Bertz CT molecular complexity index is 569. The molecule has 1 aromatic rings. The molecule has 7 heteroatoms. The number of hydrogen-bond acceptors (Lipinski definition) is 6. The molecule has 1 aromatic heterocycles. The molecular formula is C19H32N4O3. The fourth-order valence-corrected chi connectivity index (χ4v) is 4.94. The van der Waals surface area contributed by atoms with Gasteiger partial charge in [-0.25, -0.2) is 0 Å². The van der Waals surface area contributed by atoms with Crippen LogP contribution in [0.2, 0.25) is 0 Å². The smallest absolute Gasteiger partial charge is 0.256 e. The van der Waals surface area contributed by atoms with Gasteiger partial charge in [-0.05, 0) is 38.5 Å². The van der Waals surface area contributed by atoms with E-state index in [2.05, 4.69) is 10.00 Å². The summed E-state index contributed by atoms with van der Waals surface area (Å²) in [5, 5.41) is 4.61. The summed E-state index contributed by atoms with van der Waals surface area (Å²) < 4.78 is 18.5. The van der Waals surface area contributed by atoms with Gasteiger partial charge in [0.25, 0.3) is 5.88 Å². The molecule has 0 unspecified atom stereocenters. The van der Waals surface area contributed by atoms with Crippen molar-refractivity contribution in [3.8, 4) is 5.88 Å². The summed E-state index contributed by atoms with van der Waals surface area (Å²) in [5.74, 6) is 0.564. The summed E-state index contributed by atoms with van der Waals surface area (Å²) in [6.45, 7) is 3.13. The Kier molecular flexibility index (Phi) is 5.66. The number of hydrogen-bond donors (Lipinski definition) is 1. The van der Waals surface area contributed by atoms with Gasteiger partial charge in [0, 0.05) is 38.3 Å². The van der Waals surface area contributed by atoms with Gasteiger partial charge in [-0.2, -0.15) is 0 Å². The number of fused-ring (bicyclic) bond motifs is 2. The molecule has 0 amide bonds. The second-order valence-corrected chi connectivity index (χ2v) is 7.90. The third kappa shape index (κ3) is 3.70. The molecule has 4 rings (SSSR count). The number of methoxy groups -OCH3 is 1. The first-order valence-corrected chi connectivity index (χ1v) is 10.1. The van der Waals surface area contributed by atoms with Crippen molar-refractivity contribution >= 4 is 5.69 Å². The molecule has 0 spiro atoms. The largest absolute Gasteiger partial charge is 0.475 e. The van der Waals surface area contributed by atoms with E-state index in [-0.39, 0.29) is 0 Å². The molecule has 2 atom stereocenters. The topological polar surface area (TPSA) is 74.8 Å². The van der Waals surface area contributed by atoms with E-state index in [0.717, 1.165) is 32.5 Å². The second kappa shape index (κ2) is 8.15. The van der Waals surface area contributed by atoms with Crippen LogP contribution in [0.4, 0.5) is 5.69 Å². The minimum absolute atomic E-state index is 0.434. The van der Waals surface area contributed by atoms with Crippen LogP contribution in [0.5, 0.6) is 5.88 Å². The van der Waals surface area contributed by atoms with Crippen molar-refractivity contribution in [3.05, 3.63) is 6.20 Å². The van der Waals surface area contributed by atoms with Crippen molar-refractivity contribution in [2.75, 3.05) is 39.3 Å². The fraction of sp³-hybridized carbons (Fsp3) is 0.842. The van der Waals surface area contributed by atoms with E-state index in [4.69, 9.17) is 19.9 Å². The minimum atomic E-state index is 0.434. The highest BCUT2D eigenvalue weighted by Gasteiger charge is 2.42. The molecule has 0 aromatic carbocycles. The normalized spacial score (nSPS) is 32.0. The number of aromatic nitrogens is 2. The number of nitrogens with two attached hydrogens (primary N) is 1. The molecule has 0 radical (unpaired) electrons. The van der Waals surface area contributed by atoms with Crippen molar-refractivity contribution < 1.29 is 14.2 Å². The van der Waals surface area contributed by atoms with Crippen LogP contribution >= 0.6 is 0 Å². The van der Waals surface area contributed by atoms with Crippen LogP contribution in [0.3, 0.4) is 0 Å². The molecular weight excluding hydrogens is 332 g/mol. The van der Waals surface area contributed by atoms with Crippen molar-refractivity contribution in [2.24, 2.45) is 0 Å². The maximum absolute atomic E-state index is 6.09. The highest BCUT2D eigenvalue weighted by atomic mass is 16.5. The third-order valence-electron chi connectivity index (χ3n) is 6.22. The highest BCUT2D eigenvalue weighted by molar-refractivity contribution is 5.46. The Labute approximate surface area is 155 Å². The lowest BCUT2D eigenvalue weighted by atomic mass is 9.89. The van der Waals surface area contributed by atoms with E-state index in [1.807, 2.05) is 10.9 Å². The monoisotopic (exact) mass is 364 g/mol. The van der Waals surface area contributed by atoms with Gasteiger partial charge in [0.2, 0.25) is 0 Å². The third-order valence-corrected chi connectivity index (χ3v) is 6.22. The average molecular weight is 364 g/mol. The summed E-state index contributed by atoms with van der Waals surface area (Å²) in [5.41, 5.74) is 6.72. The molecule has 146 valence electrons. The molecule has 3 heterocycles. The van der Waals surface area contributed by atoms with Crippen LogP contribution in [0.25, 0.3) is 0 Å². The number of nitrogen functional groups attached to an aromatic ring is 1. The van der Waals surface area contributed by atoms with E-state index in [0.29, 0.717) is 48.9 Å². The van der Waals surface area contributed by atoms with E-state index in [1.165, 1.54) is 25.7 Å². The zero-order valence-corrected chi connectivity index (χ0v) is 15.8. The number of nitrogens with zero attached hydrogens (tertiary/aromatic N) is 3. The lowest BCUT2D eigenvalue weighted by Gasteiger charge is -2.43. The van der Waals surface area contributed by atoms with E-state index in [9.17, 15) is 0 Å². The quantitative estimate of drug-likeness (QED) is 0.748. The highest BCUT2D eigenvalue weighted by Crippen LogP contribution is 2.38. The Morgan fingerprint density at radius 2 is 1.69 bits per heavy atom. The lowest BCUT2D eigenvalue weighted by Crippen LogP contribution is -2.52. The summed E-state index contributed by atoms with van der Waals surface area (Å²) in [7, 11) is 1.70. The maximum atomic E-state index is 6.09. The SMILES string of the molecule is COCCCOc1nn([C@H]2CC[C@H](N3[C@@H]4CC[C@H]3COC4)CC2)cc1N. The van der Waals surface area contributed by atoms with Gasteiger partial charge in [0.05, 0.1) is 32.1 Å². The van der Waals surface area contributed by atoms with Gasteiger partial charge in [-0.1, -0.05) is 0 Å². The van der Waals surface area contributed by atoms with Crippen LogP contribution in [0.15, 0.2) is 6.20 Å². The first-order chi connectivity index (χ1) is 12.8. The average Bonchev–Trinajstić information content (AvgIpc) is 3.15. The predicted molar refractivity (Wildman–Crippen MR) is 99.4 cm³/mol. The Balaban J connectivity index is 1.31. The summed E-state index contributed by atoms with van der Waals surface area (Å²) in [6.07, 6.45) is 10.2. The molecule has 2 N–H and O–H groups in total. The maximum Gasteiger partial charge on any atom is 0.256 e. The number of anilines is 1. The minimum Gasteiger partial charge on any atom is -0.475 e. The van der Waals surface area contributed by atoms with Gasteiger partial charge in [0.1, 0.15) is 5.69 Å². The lowest BCUT2D eigenvalue weighted by molar-refractivity contribution is -0.0458.